The number of hydrogen-bond donors (Lipinski definition) is 1. The molecule has 2 heteroatoms. The van der Waals surface area contributed by atoms with Crippen LogP contribution in [0.5, 0.6) is 0 Å². The van der Waals surface area contributed by atoms with Gasteiger partial charge in [-0.1, -0.05) is 19.4 Å². The highest BCUT2D eigenvalue weighted by Gasteiger charge is 2.39. The number of aliphatic hydroxyl groups excluding tert-OH is 1. The average Bonchev–Trinajstić information content (AvgIpc) is 2.32. The molecule has 2 aliphatic rings. The molecule has 0 radical (unpaired) electrons. The van der Waals surface area contributed by atoms with E-state index < -0.39 is 0 Å². The van der Waals surface area contributed by atoms with Gasteiger partial charge in [0.15, 0.2) is 5.76 Å². The second-order valence-corrected chi connectivity index (χ2v) is 5.79. The fourth-order valence-electron chi connectivity index (χ4n) is 3.48. The van der Waals surface area contributed by atoms with Crippen molar-refractivity contribution in [2.24, 2.45) is 17.8 Å². The summed E-state index contributed by atoms with van der Waals surface area (Å²) >= 11 is 0. The summed E-state index contributed by atoms with van der Waals surface area (Å²) in [5.41, 5.74) is 2.98. The van der Waals surface area contributed by atoms with Crippen LogP contribution in [-0.4, -0.2) is 10.9 Å². The van der Waals surface area contributed by atoms with E-state index in [1.54, 1.807) is 0 Å². The van der Waals surface area contributed by atoms with Crippen LogP contribution in [0.4, 0.5) is 0 Å². The highest BCUT2D eigenvalue weighted by Crippen LogP contribution is 2.46. The number of ketones is 1. The number of aliphatic hydroxyl groups is 1. The van der Waals surface area contributed by atoms with Crippen molar-refractivity contribution in [2.45, 2.75) is 47.0 Å². The molecular weight excluding hydrogens is 212 g/mol. The standard InChI is InChI=1S/C15H22O2/c1-8(2)11-6-5-7-12-9(3)14(16)15(17)10(4)13(11)12/h8,11,13,17H,5-7H2,1-4H3/t11-,13+/m0/s1. The molecule has 0 aromatic heterocycles. The number of hydrogen-bond acceptors (Lipinski definition) is 2. The van der Waals surface area contributed by atoms with Crippen molar-refractivity contribution in [1.29, 1.82) is 0 Å². The Bertz CT molecular complexity index is 413. The van der Waals surface area contributed by atoms with Crippen LogP contribution in [-0.2, 0) is 4.79 Å². The molecule has 1 fully saturated rings. The van der Waals surface area contributed by atoms with Crippen molar-refractivity contribution in [3.05, 3.63) is 22.5 Å². The molecule has 0 saturated heterocycles. The average molecular weight is 234 g/mol. The van der Waals surface area contributed by atoms with E-state index in [0.717, 1.165) is 17.6 Å². The van der Waals surface area contributed by atoms with Crippen LogP contribution >= 0.6 is 0 Å². The molecule has 0 aliphatic heterocycles. The van der Waals surface area contributed by atoms with Crippen LogP contribution in [0, 0.1) is 17.8 Å². The second kappa shape index (κ2) is 4.32. The monoisotopic (exact) mass is 234 g/mol. The number of carbonyl (C=O) groups is 1. The minimum Gasteiger partial charge on any atom is -0.504 e. The zero-order valence-electron chi connectivity index (χ0n) is 11.2. The normalized spacial score (nSPS) is 30.1. The maximum Gasteiger partial charge on any atom is 0.222 e. The highest BCUT2D eigenvalue weighted by atomic mass is 16.3. The molecule has 2 atom stereocenters. The fraction of sp³-hybridized carbons (Fsp3) is 0.667. The highest BCUT2D eigenvalue weighted by molar-refractivity contribution is 6.08. The topological polar surface area (TPSA) is 37.3 Å². The number of fused-ring (bicyclic) bond motifs is 1. The van der Waals surface area contributed by atoms with Crippen LogP contribution in [0.25, 0.3) is 0 Å². The number of rotatable bonds is 1. The number of carbonyl (C=O) groups excluding carboxylic acids is 1. The predicted octanol–water partition coefficient (Wildman–Crippen LogP) is 3.79. The molecular formula is C15H22O2. The number of allylic oxidation sites excluding steroid dienone is 3. The molecule has 94 valence electrons. The third kappa shape index (κ3) is 1.84. The van der Waals surface area contributed by atoms with Gasteiger partial charge in [-0.15, -0.1) is 0 Å². The molecule has 0 amide bonds. The van der Waals surface area contributed by atoms with Crippen molar-refractivity contribution < 1.29 is 9.90 Å². The second-order valence-electron chi connectivity index (χ2n) is 5.79. The van der Waals surface area contributed by atoms with Crippen molar-refractivity contribution in [1.82, 2.24) is 0 Å². The zero-order chi connectivity index (χ0) is 12.7. The van der Waals surface area contributed by atoms with E-state index in [0.29, 0.717) is 17.8 Å². The molecule has 2 rings (SSSR count). The molecule has 0 spiro atoms. The quantitative estimate of drug-likeness (QED) is 0.749. The summed E-state index contributed by atoms with van der Waals surface area (Å²) in [6.07, 6.45) is 3.40. The number of Topliss-reactive ketones (excluding diaryl/α,β-unsaturated/α-hetero) is 1. The van der Waals surface area contributed by atoms with Gasteiger partial charge in [0.25, 0.3) is 0 Å². The van der Waals surface area contributed by atoms with Crippen molar-refractivity contribution in [3.63, 3.8) is 0 Å². The molecule has 2 nitrogen and oxygen atoms in total. The summed E-state index contributed by atoms with van der Waals surface area (Å²) in [6, 6.07) is 0. The Kier molecular flexibility index (Phi) is 3.15. The van der Waals surface area contributed by atoms with Gasteiger partial charge >= 0.3 is 0 Å². The van der Waals surface area contributed by atoms with E-state index in [2.05, 4.69) is 13.8 Å². The Morgan fingerprint density at radius 1 is 1.29 bits per heavy atom. The maximum absolute atomic E-state index is 11.9. The zero-order valence-corrected chi connectivity index (χ0v) is 11.2. The Morgan fingerprint density at radius 2 is 1.94 bits per heavy atom. The first-order chi connectivity index (χ1) is 7.95. The van der Waals surface area contributed by atoms with Crippen LogP contribution in [0.1, 0.15) is 47.0 Å². The smallest absolute Gasteiger partial charge is 0.222 e. The van der Waals surface area contributed by atoms with Gasteiger partial charge in [0.1, 0.15) is 0 Å². The molecule has 17 heavy (non-hydrogen) atoms. The van der Waals surface area contributed by atoms with E-state index in [1.807, 2.05) is 13.8 Å². The lowest BCUT2D eigenvalue weighted by molar-refractivity contribution is -0.115. The predicted molar refractivity (Wildman–Crippen MR) is 68.7 cm³/mol. The van der Waals surface area contributed by atoms with Crippen LogP contribution < -0.4 is 0 Å². The summed E-state index contributed by atoms with van der Waals surface area (Å²) in [5, 5.41) is 9.95. The third-order valence-corrected chi connectivity index (χ3v) is 4.52. The van der Waals surface area contributed by atoms with Crippen molar-refractivity contribution in [2.75, 3.05) is 0 Å². The maximum atomic E-state index is 11.9. The lowest BCUT2D eigenvalue weighted by Gasteiger charge is -2.40. The largest absolute Gasteiger partial charge is 0.504 e. The van der Waals surface area contributed by atoms with Crippen LogP contribution in [0.15, 0.2) is 22.5 Å². The Labute approximate surface area is 103 Å². The molecule has 0 heterocycles. The molecule has 1 saturated carbocycles. The Hall–Kier alpha value is -1.05. The minimum atomic E-state index is -0.154. The summed E-state index contributed by atoms with van der Waals surface area (Å²) in [6.45, 7) is 8.27. The summed E-state index contributed by atoms with van der Waals surface area (Å²) in [5.74, 6) is 1.33. The van der Waals surface area contributed by atoms with E-state index in [4.69, 9.17) is 0 Å². The van der Waals surface area contributed by atoms with Gasteiger partial charge in [-0.05, 0) is 50.5 Å². The van der Waals surface area contributed by atoms with Gasteiger partial charge in [-0.3, -0.25) is 4.79 Å². The first-order valence-electron chi connectivity index (χ1n) is 6.59. The van der Waals surface area contributed by atoms with Crippen LogP contribution in [0.2, 0.25) is 0 Å². The molecule has 0 bridgehead atoms. The van der Waals surface area contributed by atoms with E-state index in [1.165, 1.54) is 18.4 Å². The molecule has 0 unspecified atom stereocenters. The van der Waals surface area contributed by atoms with Gasteiger partial charge in [-0.2, -0.15) is 0 Å². The first-order valence-corrected chi connectivity index (χ1v) is 6.59. The molecule has 0 aromatic rings. The minimum absolute atomic E-state index is 0.00352. The summed E-state index contributed by atoms with van der Waals surface area (Å²) in [7, 11) is 0. The Morgan fingerprint density at radius 3 is 2.53 bits per heavy atom. The first kappa shape index (κ1) is 12.4. The van der Waals surface area contributed by atoms with Gasteiger partial charge in [0.2, 0.25) is 5.78 Å². The Balaban J connectivity index is 2.49. The van der Waals surface area contributed by atoms with E-state index >= 15 is 0 Å². The SMILES string of the molecule is CC1=C2CCC[C@@H](C(C)C)[C@H]2C(C)=C(O)C1=O. The van der Waals surface area contributed by atoms with Crippen LogP contribution in [0.3, 0.4) is 0 Å². The summed E-state index contributed by atoms with van der Waals surface area (Å²) in [4.78, 5) is 11.9. The summed E-state index contributed by atoms with van der Waals surface area (Å²) < 4.78 is 0. The lowest BCUT2D eigenvalue weighted by Crippen LogP contribution is -2.32. The fourth-order valence-corrected chi connectivity index (χ4v) is 3.48. The van der Waals surface area contributed by atoms with Gasteiger partial charge in [0, 0.05) is 11.5 Å². The van der Waals surface area contributed by atoms with E-state index in [-0.39, 0.29) is 11.5 Å². The van der Waals surface area contributed by atoms with Gasteiger partial charge in [-0.25, -0.2) is 0 Å². The molecule has 1 N–H and O–H groups in total. The molecule has 2 aliphatic carbocycles. The van der Waals surface area contributed by atoms with E-state index in [9.17, 15) is 9.90 Å². The van der Waals surface area contributed by atoms with Gasteiger partial charge < -0.3 is 5.11 Å². The lowest BCUT2D eigenvalue weighted by atomic mass is 9.64. The van der Waals surface area contributed by atoms with Gasteiger partial charge in [0.05, 0.1) is 0 Å². The van der Waals surface area contributed by atoms with Crippen molar-refractivity contribution in [3.8, 4) is 0 Å². The van der Waals surface area contributed by atoms with Crippen molar-refractivity contribution >= 4 is 5.78 Å². The molecule has 0 aromatic carbocycles. The third-order valence-electron chi connectivity index (χ3n) is 4.52.